The average molecular weight is 539 g/mol. The molecule has 6 nitrogen and oxygen atoms in total. The monoisotopic (exact) mass is 538 g/mol. The first kappa shape index (κ1) is 28.7. The van der Waals surface area contributed by atoms with E-state index in [4.69, 9.17) is 9.47 Å². The number of nitrogens with one attached hydrogen (secondary N) is 2. The molecule has 0 aliphatic rings. The summed E-state index contributed by atoms with van der Waals surface area (Å²) in [5.74, 6) is 0.734. The van der Waals surface area contributed by atoms with Gasteiger partial charge in [0, 0.05) is 22.1 Å². The molecule has 0 heterocycles. The maximum Gasteiger partial charge on any atom is 0.262 e. The van der Waals surface area contributed by atoms with Gasteiger partial charge in [0.25, 0.3) is 11.8 Å². The minimum atomic E-state index is -0.271. The van der Waals surface area contributed by atoms with E-state index < -0.39 is 0 Å². The number of ether oxygens (including phenoxy) is 2. The number of hydrogen-bond donors (Lipinski definition) is 2. The molecule has 4 rings (SSSR count). The van der Waals surface area contributed by atoms with E-state index in [1.54, 1.807) is 0 Å². The van der Waals surface area contributed by atoms with Crippen molar-refractivity contribution in [1.29, 1.82) is 0 Å². The van der Waals surface area contributed by atoms with Crippen molar-refractivity contribution in [2.24, 2.45) is 0 Å². The number of fused-ring (bicyclic) bond motifs is 1. The molecule has 0 atom stereocenters. The number of carbonyl (C=O) groups is 2. The Morgan fingerprint density at radius 2 is 0.900 bits per heavy atom. The van der Waals surface area contributed by atoms with Crippen LogP contribution in [0.5, 0.6) is 11.5 Å². The van der Waals surface area contributed by atoms with E-state index in [1.807, 2.05) is 84.9 Å². The van der Waals surface area contributed by atoms with Crippen molar-refractivity contribution in [3.63, 3.8) is 0 Å². The van der Waals surface area contributed by atoms with Gasteiger partial charge in [0.15, 0.2) is 13.2 Å². The SMILES string of the molecule is CC(C)(C)c1ccc(OCC(=O)Nc2cccc3c(NC(=O)COc4ccc(C(C)(C)C)cc4)cccc23)cc1. The predicted molar refractivity (Wildman–Crippen MR) is 162 cm³/mol. The summed E-state index contributed by atoms with van der Waals surface area (Å²) in [5.41, 5.74) is 3.77. The molecule has 0 fully saturated rings. The quantitative estimate of drug-likeness (QED) is 0.244. The molecule has 0 radical (unpaired) electrons. The molecule has 40 heavy (non-hydrogen) atoms. The van der Waals surface area contributed by atoms with Gasteiger partial charge in [-0.15, -0.1) is 0 Å². The lowest BCUT2D eigenvalue weighted by Gasteiger charge is -2.19. The summed E-state index contributed by atoms with van der Waals surface area (Å²) in [6.07, 6.45) is 0. The first-order chi connectivity index (χ1) is 18.9. The molecule has 2 N–H and O–H groups in total. The molecule has 0 saturated carbocycles. The molecule has 0 aliphatic carbocycles. The van der Waals surface area contributed by atoms with Crippen LogP contribution in [0.4, 0.5) is 11.4 Å². The molecule has 0 spiro atoms. The topological polar surface area (TPSA) is 76.7 Å². The number of rotatable bonds is 8. The fourth-order valence-corrected chi connectivity index (χ4v) is 4.30. The van der Waals surface area contributed by atoms with Gasteiger partial charge in [0.1, 0.15) is 11.5 Å². The Morgan fingerprint density at radius 3 is 1.23 bits per heavy atom. The second-order valence-corrected chi connectivity index (χ2v) is 11.9. The van der Waals surface area contributed by atoms with E-state index in [2.05, 4.69) is 52.2 Å². The second kappa shape index (κ2) is 11.8. The van der Waals surface area contributed by atoms with E-state index >= 15 is 0 Å². The highest BCUT2D eigenvalue weighted by atomic mass is 16.5. The van der Waals surface area contributed by atoms with Gasteiger partial charge < -0.3 is 20.1 Å². The minimum Gasteiger partial charge on any atom is -0.484 e. The number of hydrogen-bond acceptors (Lipinski definition) is 4. The summed E-state index contributed by atoms with van der Waals surface area (Å²) in [5, 5.41) is 7.48. The zero-order chi connectivity index (χ0) is 28.9. The third-order valence-electron chi connectivity index (χ3n) is 6.65. The van der Waals surface area contributed by atoms with Gasteiger partial charge in [0.2, 0.25) is 0 Å². The highest BCUT2D eigenvalue weighted by Gasteiger charge is 2.15. The van der Waals surface area contributed by atoms with Crippen LogP contribution >= 0.6 is 0 Å². The van der Waals surface area contributed by atoms with Crippen molar-refractivity contribution in [1.82, 2.24) is 0 Å². The van der Waals surface area contributed by atoms with Crippen LogP contribution in [0.2, 0.25) is 0 Å². The van der Waals surface area contributed by atoms with Gasteiger partial charge in [-0.05, 0) is 58.4 Å². The van der Waals surface area contributed by atoms with Gasteiger partial charge in [0.05, 0.1) is 0 Å². The van der Waals surface area contributed by atoms with E-state index in [-0.39, 0.29) is 35.9 Å². The van der Waals surface area contributed by atoms with E-state index in [1.165, 1.54) is 11.1 Å². The van der Waals surface area contributed by atoms with E-state index in [0.29, 0.717) is 22.9 Å². The maximum absolute atomic E-state index is 12.7. The normalized spacial score (nSPS) is 11.7. The van der Waals surface area contributed by atoms with Crippen LogP contribution in [0, 0.1) is 0 Å². The third kappa shape index (κ3) is 7.41. The lowest BCUT2D eigenvalue weighted by atomic mass is 9.87. The van der Waals surface area contributed by atoms with Crippen LogP contribution in [-0.2, 0) is 20.4 Å². The molecule has 4 aromatic rings. The first-order valence-corrected chi connectivity index (χ1v) is 13.5. The molecule has 0 bridgehead atoms. The Morgan fingerprint density at radius 1 is 0.550 bits per heavy atom. The largest absolute Gasteiger partial charge is 0.484 e. The third-order valence-corrected chi connectivity index (χ3v) is 6.65. The van der Waals surface area contributed by atoms with Crippen LogP contribution < -0.4 is 20.1 Å². The van der Waals surface area contributed by atoms with Crippen molar-refractivity contribution in [3.8, 4) is 11.5 Å². The highest BCUT2D eigenvalue weighted by Crippen LogP contribution is 2.30. The summed E-state index contributed by atoms with van der Waals surface area (Å²) in [6.45, 7) is 12.7. The van der Waals surface area contributed by atoms with Crippen molar-refractivity contribution in [3.05, 3.63) is 96.1 Å². The van der Waals surface area contributed by atoms with Crippen LogP contribution in [-0.4, -0.2) is 25.0 Å². The molecule has 0 unspecified atom stereocenters. The Bertz CT molecular complexity index is 1360. The lowest BCUT2D eigenvalue weighted by molar-refractivity contribution is -0.118. The van der Waals surface area contributed by atoms with Crippen LogP contribution in [0.3, 0.4) is 0 Å². The number of amides is 2. The Kier molecular flexibility index (Phi) is 8.48. The minimum absolute atomic E-state index is 0.0496. The van der Waals surface area contributed by atoms with Crippen molar-refractivity contribution < 1.29 is 19.1 Å². The number of benzene rings is 4. The average Bonchev–Trinajstić information content (AvgIpc) is 2.91. The Balaban J connectivity index is 1.36. The van der Waals surface area contributed by atoms with Crippen LogP contribution in [0.25, 0.3) is 10.8 Å². The smallest absolute Gasteiger partial charge is 0.262 e. The van der Waals surface area contributed by atoms with Gasteiger partial charge >= 0.3 is 0 Å². The Labute approximate surface area is 236 Å². The summed E-state index contributed by atoms with van der Waals surface area (Å²) in [4.78, 5) is 25.4. The van der Waals surface area contributed by atoms with Crippen molar-refractivity contribution >= 4 is 34.0 Å². The van der Waals surface area contributed by atoms with E-state index in [0.717, 1.165) is 10.8 Å². The summed E-state index contributed by atoms with van der Waals surface area (Å²) >= 11 is 0. The number of anilines is 2. The zero-order valence-electron chi connectivity index (χ0n) is 24.1. The second-order valence-electron chi connectivity index (χ2n) is 11.9. The van der Waals surface area contributed by atoms with Gasteiger partial charge in [-0.1, -0.05) is 90.1 Å². The first-order valence-electron chi connectivity index (χ1n) is 13.5. The number of carbonyl (C=O) groups excluding carboxylic acids is 2. The maximum atomic E-state index is 12.7. The lowest BCUT2D eigenvalue weighted by Crippen LogP contribution is -2.21. The Hall–Kier alpha value is -4.32. The fraction of sp³-hybridized carbons (Fsp3) is 0.294. The summed E-state index contributed by atoms with van der Waals surface area (Å²) in [7, 11) is 0. The molecule has 0 saturated heterocycles. The molecule has 4 aromatic carbocycles. The molecule has 208 valence electrons. The molecule has 6 heteroatoms. The standard InChI is InChI=1S/C34H38N2O4/c1-33(2,3)23-13-17-25(18-14-23)39-21-31(37)35-29-11-7-10-28-27(29)9-8-12-30(28)36-32(38)22-40-26-19-15-24(16-20-26)34(4,5)6/h7-20H,21-22H2,1-6H3,(H,35,37)(H,36,38). The highest BCUT2D eigenvalue weighted by molar-refractivity contribution is 6.09. The van der Waals surface area contributed by atoms with Gasteiger partial charge in [-0.3, -0.25) is 9.59 Å². The molecular formula is C34H38N2O4. The predicted octanol–water partition coefficient (Wildman–Crippen LogP) is 7.47. The molecular weight excluding hydrogens is 500 g/mol. The molecule has 0 aliphatic heterocycles. The summed E-state index contributed by atoms with van der Waals surface area (Å²) in [6, 6.07) is 26.7. The molecule has 2 amide bonds. The molecule has 0 aromatic heterocycles. The van der Waals surface area contributed by atoms with Crippen molar-refractivity contribution in [2.45, 2.75) is 52.4 Å². The van der Waals surface area contributed by atoms with E-state index in [9.17, 15) is 9.59 Å². The van der Waals surface area contributed by atoms with Crippen LogP contribution in [0.15, 0.2) is 84.9 Å². The zero-order valence-corrected chi connectivity index (χ0v) is 24.1. The van der Waals surface area contributed by atoms with Crippen LogP contribution in [0.1, 0.15) is 52.7 Å². The van der Waals surface area contributed by atoms with Crippen molar-refractivity contribution in [2.75, 3.05) is 23.8 Å². The van der Waals surface area contributed by atoms with Gasteiger partial charge in [-0.2, -0.15) is 0 Å². The summed E-state index contributed by atoms with van der Waals surface area (Å²) < 4.78 is 11.4. The van der Waals surface area contributed by atoms with Gasteiger partial charge in [-0.25, -0.2) is 0 Å². The fourth-order valence-electron chi connectivity index (χ4n) is 4.30.